The highest BCUT2D eigenvalue weighted by Crippen LogP contribution is 2.16. The third-order valence-electron chi connectivity index (χ3n) is 2.76. The van der Waals surface area contributed by atoms with Gasteiger partial charge in [0, 0.05) is 37.3 Å². The van der Waals surface area contributed by atoms with Crippen LogP contribution >= 0.6 is 0 Å². The number of Topliss-reactive ketones (excluding diaryl/α,β-unsaturated/α-hetero) is 1. The SMILES string of the molecule is CN(CCC(=O)C(C)(C)C)Cc1ccncc1. The number of rotatable bonds is 5. The molecule has 0 saturated heterocycles. The fraction of sp³-hybridized carbons (Fsp3) is 0.571. The molecule has 0 bridgehead atoms. The van der Waals surface area contributed by atoms with Crippen LogP contribution in [0.2, 0.25) is 0 Å². The molecule has 1 heterocycles. The number of nitrogens with zero attached hydrogens (tertiary/aromatic N) is 2. The molecule has 0 aromatic carbocycles. The predicted octanol–water partition coefficient (Wildman–Crippen LogP) is 2.52. The molecule has 0 fully saturated rings. The molecule has 0 atom stereocenters. The van der Waals surface area contributed by atoms with Crippen molar-refractivity contribution in [3.63, 3.8) is 0 Å². The van der Waals surface area contributed by atoms with E-state index in [4.69, 9.17) is 0 Å². The molecule has 0 amide bonds. The van der Waals surface area contributed by atoms with Crippen LogP contribution in [0.3, 0.4) is 0 Å². The van der Waals surface area contributed by atoms with Crippen molar-refractivity contribution in [1.29, 1.82) is 0 Å². The van der Waals surface area contributed by atoms with Crippen molar-refractivity contribution in [1.82, 2.24) is 9.88 Å². The van der Waals surface area contributed by atoms with E-state index in [0.717, 1.165) is 13.1 Å². The number of aromatic nitrogens is 1. The Morgan fingerprint density at radius 1 is 1.29 bits per heavy atom. The summed E-state index contributed by atoms with van der Waals surface area (Å²) < 4.78 is 0. The van der Waals surface area contributed by atoms with Crippen LogP contribution in [-0.2, 0) is 11.3 Å². The standard InChI is InChI=1S/C14H22N2O/c1-14(2,3)13(17)7-10-16(4)11-12-5-8-15-9-6-12/h5-6,8-9H,7,10-11H2,1-4H3. The number of hydrogen-bond acceptors (Lipinski definition) is 3. The zero-order chi connectivity index (χ0) is 12.9. The molecular weight excluding hydrogens is 212 g/mol. The van der Waals surface area contributed by atoms with Crippen LogP contribution in [0.25, 0.3) is 0 Å². The van der Waals surface area contributed by atoms with Gasteiger partial charge < -0.3 is 4.90 Å². The lowest BCUT2D eigenvalue weighted by atomic mass is 9.89. The molecule has 3 nitrogen and oxygen atoms in total. The summed E-state index contributed by atoms with van der Waals surface area (Å²) in [4.78, 5) is 17.9. The molecule has 0 aliphatic rings. The van der Waals surface area contributed by atoms with Gasteiger partial charge in [-0.3, -0.25) is 9.78 Å². The molecule has 1 aromatic rings. The van der Waals surface area contributed by atoms with Crippen LogP contribution in [0.4, 0.5) is 0 Å². The second-order valence-electron chi connectivity index (χ2n) is 5.52. The summed E-state index contributed by atoms with van der Waals surface area (Å²) in [5.41, 5.74) is 1.00. The van der Waals surface area contributed by atoms with Crippen LogP contribution in [0.5, 0.6) is 0 Å². The summed E-state index contributed by atoms with van der Waals surface area (Å²) in [5.74, 6) is 0.319. The summed E-state index contributed by atoms with van der Waals surface area (Å²) >= 11 is 0. The minimum absolute atomic E-state index is 0.225. The van der Waals surface area contributed by atoms with Crippen molar-refractivity contribution in [2.24, 2.45) is 5.41 Å². The Labute approximate surface area is 104 Å². The van der Waals surface area contributed by atoms with Gasteiger partial charge in [0.05, 0.1) is 0 Å². The van der Waals surface area contributed by atoms with Gasteiger partial charge >= 0.3 is 0 Å². The van der Waals surface area contributed by atoms with Crippen molar-refractivity contribution >= 4 is 5.78 Å². The van der Waals surface area contributed by atoms with Gasteiger partial charge in [0.15, 0.2) is 0 Å². The van der Waals surface area contributed by atoms with Crippen molar-refractivity contribution < 1.29 is 4.79 Å². The first-order chi connectivity index (χ1) is 7.89. The zero-order valence-electron chi connectivity index (χ0n) is 11.2. The van der Waals surface area contributed by atoms with E-state index in [9.17, 15) is 4.79 Å². The summed E-state index contributed by atoms with van der Waals surface area (Å²) in [7, 11) is 2.04. The number of hydrogen-bond donors (Lipinski definition) is 0. The van der Waals surface area contributed by atoms with E-state index >= 15 is 0 Å². The average molecular weight is 234 g/mol. The Morgan fingerprint density at radius 2 is 1.88 bits per heavy atom. The topological polar surface area (TPSA) is 33.2 Å². The van der Waals surface area contributed by atoms with Gasteiger partial charge in [-0.05, 0) is 24.7 Å². The lowest BCUT2D eigenvalue weighted by Gasteiger charge is -2.20. The van der Waals surface area contributed by atoms with Crippen LogP contribution in [0.1, 0.15) is 32.8 Å². The Bertz CT molecular complexity index is 354. The van der Waals surface area contributed by atoms with E-state index < -0.39 is 0 Å². The second-order valence-corrected chi connectivity index (χ2v) is 5.52. The Kier molecular flexibility index (Phi) is 4.82. The zero-order valence-corrected chi connectivity index (χ0v) is 11.2. The quantitative estimate of drug-likeness (QED) is 0.785. The summed E-state index contributed by atoms with van der Waals surface area (Å²) in [6.45, 7) is 7.58. The van der Waals surface area contributed by atoms with Gasteiger partial charge in [-0.15, -0.1) is 0 Å². The maximum Gasteiger partial charge on any atom is 0.139 e. The molecule has 0 unspecified atom stereocenters. The summed E-state index contributed by atoms with van der Waals surface area (Å²) in [6.07, 6.45) is 4.21. The average Bonchev–Trinajstić information content (AvgIpc) is 2.26. The van der Waals surface area contributed by atoms with Gasteiger partial charge in [0.25, 0.3) is 0 Å². The molecule has 0 radical (unpaired) electrons. The van der Waals surface area contributed by atoms with Gasteiger partial charge in [0.1, 0.15) is 5.78 Å². The molecule has 0 saturated carbocycles. The molecular formula is C14H22N2O. The highest BCUT2D eigenvalue weighted by molar-refractivity contribution is 5.83. The maximum absolute atomic E-state index is 11.8. The van der Waals surface area contributed by atoms with Gasteiger partial charge in [-0.2, -0.15) is 0 Å². The minimum Gasteiger partial charge on any atom is -0.302 e. The molecule has 17 heavy (non-hydrogen) atoms. The fourth-order valence-electron chi connectivity index (χ4n) is 1.55. The van der Waals surface area contributed by atoms with E-state index in [0.29, 0.717) is 12.2 Å². The highest BCUT2D eigenvalue weighted by atomic mass is 16.1. The normalized spacial score (nSPS) is 11.8. The first kappa shape index (κ1) is 13.8. The second kappa shape index (κ2) is 5.92. The van der Waals surface area contributed by atoms with Crippen LogP contribution in [0.15, 0.2) is 24.5 Å². The van der Waals surface area contributed by atoms with Gasteiger partial charge in [-0.1, -0.05) is 20.8 Å². The lowest BCUT2D eigenvalue weighted by molar-refractivity contribution is -0.126. The monoisotopic (exact) mass is 234 g/mol. The fourth-order valence-corrected chi connectivity index (χ4v) is 1.55. The predicted molar refractivity (Wildman–Crippen MR) is 69.7 cm³/mol. The van der Waals surface area contributed by atoms with Crippen molar-refractivity contribution in [2.75, 3.05) is 13.6 Å². The van der Waals surface area contributed by atoms with E-state index in [1.54, 1.807) is 12.4 Å². The minimum atomic E-state index is -0.225. The Hall–Kier alpha value is -1.22. The van der Waals surface area contributed by atoms with Gasteiger partial charge in [0.2, 0.25) is 0 Å². The third kappa shape index (κ3) is 5.09. The van der Waals surface area contributed by atoms with Gasteiger partial charge in [-0.25, -0.2) is 0 Å². The van der Waals surface area contributed by atoms with Crippen LogP contribution in [-0.4, -0.2) is 29.3 Å². The van der Waals surface area contributed by atoms with Crippen LogP contribution < -0.4 is 0 Å². The number of ketones is 1. The molecule has 0 aliphatic carbocycles. The molecule has 0 spiro atoms. The molecule has 1 aromatic heterocycles. The van der Waals surface area contributed by atoms with Crippen molar-refractivity contribution in [3.05, 3.63) is 30.1 Å². The first-order valence-corrected chi connectivity index (χ1v) is 6.00. The Morgan fingerprint density at radius 3 is 2.41 bits per heavy atom. The van der Waals surface area contributed by atoms with E-state index in [2.05, 4.69) is 9.88 Å². The smallest absolute Gasteiger partial charge is 0.139 e. The number of pyridine rings is 1. The molecule has 94 valence electrons. The van der Waals surface area contributed by atoms with E-state index in [1.165, 1.54) is 5.56 Å². The van der Waals surface area contributed by atoms with E-state index in [1.807, 2.05) is 40.0 Å². The summed E-state index contributed by atoms with van der Waals surface area (Å²) in [5, 5.41) is 0. The van der Waals surface area contributed by atoms with Crippen molar-refractivity contribution in [2.45, 2.75) is 33.7 Å². The molecule has 3 heteroatoms. The lowest BCUT2D eigenvalue weighted by Crippen LogP contribution is -2.27. The highest BCUT2D eigenvalue weighted by Gasteiger charge is 2.20. The number of carbonyl (C=O) groups is 1. The van der Waals surface area contributed by atoms with Crippen molar-refractivity contribution in [3.8, 4) is 0 Å². The van der Waals surface area contributed by atoms with E-state index in [-0.39, 0.29) is 5.41 Å². The summed E-state index contributed by atoms with van der Waals surface area (Å²) in [6, 6.07) is 4.00. The molecule has 0 aliphatic heterocycles. The largest absolute Gasteiger partial charge is 0.302 e. The third-order valence-corrected chi connectivity index (χ3v) is 2.76. The molecule has 1 rings (SSSR count). The first-order valence-electron chi connectivity index (χ1n) is 6.00. The van der Waals surface area contributed by atoms with Crippen LogP contribution in [0, 0.1) is 5.41 Å². The molecule has 0 N–H and O–H groups in total. The maximum atomic E-state index is 11.8. The Balaban J connectivity index is 2.36. The number of carbonyl (C=O) groups excluding carboxylic acids is 1.